The zero-order valence-electron chi connectivity index (χ0n) is 15.5. The second-order valence-corrected chi connectivity index (χ2v) is 9.32. The summed E-state index contributed by atoms with van der Waals surface area (Å²) in [6.07, 6.45) is 3.59. The van der Waals surface area contributed by atoms with Crippen LogP contribution in [0, 0.1) is 0 Å². The van der Waals surface area contributed by atoms with Crippen LogP contribution in [0.15, 0.2) is 28.9 Å². The van der Waals surface area contributed by atoms with Gasteiger partial charge in [0.2, 0.25) is 0 Å². The molecule has 0 aliphatic carbocycles. The molecule has 0 spiro atoms. The Hall–Kier alpha value is -1.56. The molecule has 3 rings (SSSR count). The summed E-state index contributed by atoms with van der Waals surface area (Å²) in [5.41, 5.74) is 0.239. The maximum atomic E-state index is 12.5. The molecule has 1 aliphatic rings. The van der Waals surface area contributed by atoms with Gasteiger partial charge in [0.15, 0.2) is 0 Å². The lowest BCUT2D eigenvalue weighted by Gasteiger charge is -2.45. The third-order valence-corrected chi connectivity index (χ3v) is 5.12. The number of benzene rings is 1. The smallest absolute Gasteiger partial charge is 0.410 e. The first-order valence-corrected chi connectivity index (χ1v) is 9.49. The second-order valence-electron chi connectivity index (χ2n) is 8.40. The van der Waals surface area contributed by atoms with Gasteiger partial charge in [0, 0.05) is 28.1 Å². The second kappa shape index (κ2) is 6.31. The Morgan fingerprint density at radius 2 is 2.08 bits per heavy atom. The molecule has 25 heavy (non-hydrogen) atoms. The van der Waals surface area contributed by atoms with Crippen molar-refractivity contribution in [2.75, 3.05) is 6.54 Å². The van der Waals surface area contributed by atoms with E-state index in [2.05, 4.69) is 46.7 Å². The third kappa shape index (κ3) is 4.00. The fourth-order valence-electron chi connectivity index (χ4n) is 3.45. The molecule has 2 heterocycles. The number of rotatable bonds is 1. The molecule has 1 amide bonds. The molecular formula is C19H26BrN3O2. The van der Waals surface area contributed by atoms with Crippen LogP contribution in [0.4, 0.5) is 4.79 Å². The summed E-state index contributed by atoms with van der Waals surface area (Å²) in [5.74, 6) is 0. The first-order valence-electron chi connectivity index (χ1n) is 8.70. The van der Waals surface area contributed by atoms with E-state index in [0.717, 1.165) is 28.2 Å². The Labute approximate surface area is 157 Å². The number of nitrogens with zero attached hydrogens (tertiary/aromatic N) is 3. The first-order chi connectivity index (χ1) is 11.5. The molecule has 1 aliphatic heterocycles. The number of carbonyl (C=O) groups excluding carboxylic acids is 1. The molecular weight excluding hydrogens is 382 g/mol. The highest BCUT2D eigenvalue weighted by atomic mass is 79.9. The van der Waals surface area contributed by atoms with Crippen molar-refractivity contribution >= 4 is 32.9 Å². The monoisotopic (exact) mass is 407 g/mol. The van der Waals surface area contributed by atoms with E-state index in [9.17, 15) is 4.79 Å². The summed E-state index contributed by atoms with van der Waals surface area (Å²) in [6.45, 7) is 10.6. The summed E-state index contributed by atoms with van der Waals surface area (Å²) >= 11 is 3.50. The minimum absolute atomic E-state index is 0.231. The van der Waals surface area contributed by atoms with Crippen molar-refractivity contribution in [3.63, 3.8) is 0 Å². The van der Waals surface area contributed by atoms with E-state index in [-0.39, 0.29) is 17.7 Å². The van der Waals surface area contributed by atoms with Gasteiger partial charge in [-0.1, -0.05) is 22.0 Å². The largest absolute Gasteiger partial charge is 0.444 e. The van der Waals surface area contributed by atoms with E-state index in [1.165, 1.54) is 0 Å². The van der Waals surface area contributed by atoms with E-state index in [4.69, 9.17) is 9.84 Å². The highest BCUT2D eigenvalue weighted by Gasteiger charge is 2.40. The summed E-state index contributed by atoms with van der Waals surface area (Å²) in [7, 11) is 0. The fraction of sp³-hybridized carbons (Fsp3) is 0.579. The van der Waals surface area contributed by atoms with Gasteiger partial charge in [-0.2, -0.15) is 5.10 Å². The van der Waals surface area contributed by atoms with Crippen molar-refractivity contribution in [3.8, 4) is 0 Å². The highest BCUT2D eigenvalue weighted by Crippen LogP contribution is 2.36. The Morgan fingerprint density at radius 3 is 2.72 bits per heavy atom. The predicted molar refractivity (Wildman–Crippen MR) is 103 cm³/mol. The number of halogens is 1. The van der Waals surface area contributed by atoms with Gasteiger partial charge in [-0.15, -0.1) is 0 Å². The number of amides is 1. The Balaban J connectivity index is 1.78. The molecule has 1 saturated heterocycles. The fourth-order valence-corrected chi connectivity index (χ4v) is 3.80. The van der Waals surface area contributed by atoms with Gasteiger partial charge in [-0.05, 0) is 59.6 Å². The van der Waals surface area contributed by atoms with E-state index in [1.54, 1.807) is 0 Å². The average molecular weight is 408 g/mol. The van der Waals surface area contributed by atoms with E-state index >= 15 is 0 Å². The van der Waals surface area contributed by atoms with Crippen LogP contribution in [-0.4, -0.2) is 38.5 Å². The normalized spacial score (nSPS) is 20.7. The molecule has 0 N–H and O–H groups in total. The summed E-state index contributed by atoms with van der Waals surface area (Å²) in [6, 6.07) is 6.42. The quantitative estimate of drug-likeness (QED) is 0.656. The van der Waals surface area contributed by atoms with Gasteiger partial charge in [-0.25, -0.2) is 4.79 Å². The Kier molecular flexibility index (Phi) is 4.60. The zero-order chi connectivity index (χ0) is 18.4. The number of aromatic nitrogens is 2. The molecule has 1 aromatic heterocycles. The summed E-state index contributed by atoms with van der Waals surface area (Å²) in [5, 5.41) is 5.88. The number of fused-ring (bicyclic) bond motifs is 1. The molecule has 136 valence electrons. The van der Waals surface area contributed by atoms with Crippen molar-refractivity contribution in [1.29, 1.82) is 0 Å². The molecule has 2 aromatic rings. The zero-order valence-corrected chi connectivity index (χ0v) is 17.1. The Bertz CT molecular complexity index is 792. The number of hydrogen-bond donors (Lipinski definition) is 0. The third-order valence-electron chi connectivity index (χ3n) is 4.63. The molecule has 1 fully saturated rings. The van der Waals surface area contributed by atoms with Gasteiger partial charge in [0.05, 0.1) is 11.6 Å². The minimum Gasteiger partial charge on any atom is -0.444 e. The van der Waals surface area contributed by atoms with Crippen LogP contribution in [0.25, 0.3) is 10.9 Å². The number of carbonyl (C=O) groups is 1. The molecule has 0 saturated carbocycles. The Morgan fingerprint density at radius 1 is 1.36 bits per heavy atom. The van der Waals surface area contributed by atoms with Crippen molar-refractivity contribution in [2.24, 2.45) is 0 Å². The van der Waals surface area contributed by atoms with Gasteiger partial charge < -0.3 is 9.64 Å². The van der Waals surface area contributed by atoms with Crippen LogP contribution in [0.3, 0.4) is 0 Å². The standard InChI is InChI=1S/C19H26BrN3O2/c1-18(2,3)25-17(24)22-9-8-15(11-19(22,4)5)23-12-13-6-7-14(20)10-16(13)21-23/h6-7,10,12,15H,8-9,11H2,1-5H3. The van der Waals surface area contributed by atoms with Gasteiger partial charge in [-0.3, -0.25) is 4.68 Å². The maximum Gasteiger partial charge on any atom is 0.410 e. The van der Waals surface area contributed by atoms with Gasteiger partial charge in [0.1, 0.15) is 5.60 Å². The van der Waals surface area contributed by atoms with Gasteiger partial charge >= 0.3 is 6.09 Å². The van der Waals surface area contributed by atoms with Crippen LogP contribution in [0.1, 0.15) is 53.5 Å². The lowest BCUT2D eigenvalue weighted by atomic mass is 9.87. The van der Waals surface area contributed by atoms with Crippen LogP contribution in [0.5, 0.6) is 0 Å². The summed E-state index contributed by atoms with van der Waals surface area (Å²) in [4.78, 5) is 14.4. The molecule has 0 bridgehead atoms. The van der Waals surface area contributed by atoms with E-state index < -0.39 is 5.60 Å². The SMILES string of the molecule is CC(C)(C)OC(=O)N1CCC(n2cc3ccc(Br)cc3n2)CC1(C)C. The number of piperidine rings is 1. The average Bonchev–Trinajstić information content (AvgIpc) is 2.87. The molecule has 0 radical (unpaired) electrons. The van der Waals surface area contributed by atoms with Crippen molar-refractivity contribution in [3.05, 3.63) is 28.9 Å². The van der Waals surface area contributed by atoms with Crippen LogP contribution in [-0.2, 0) is 4.74 Å². The van der Waals surface area contributed by atoms with E-state index in [0.29, 0.717) is 6.54 Å². The molecule has 1 atom stereocenters. The van der Waals surface area contributed by atoms with Crippen molar-refractivity contribution < 1.29 is 9.53 Å². The first kappa shape index (κ1) is 18.2. The molecule has 6 heteroatoms. The maximum absolute atomic E-state index is 12.5. The molecule has 5 nitrogen and oxygen atoms in total. The lowest BCUT2D eigenvalue weighted by molar-refractivity contribution is -0.0142. The van der Waals surface area contributed by atoms with Crippen LogP contribution >= 0.6 is 15.9 Å². The number of hydrogen-bond acceptors (Lipinski definition) is 3. The number of likely N-dealkylation sites (tertiary alicyclic amines) is 1. The molecule has 1 unspecified atom stereocenters. The highest BCUT2D eigenvalue weighted by molar-refractivity contribution is 9.10. The van der Waals surface area contributed by atoms with E-state index in [1.807, 2.05) is 37.8 Å². The van der Waals surface area contributed by atoms with Crippen molar-refractivity contribution in [1.82, 2.24) is 14.7 Å². The summed E-state index contributed by atoms with van der Waals surface area (Å²) < 4.78 is 8.67. The lowest BCUT2D eigenvalue weighted by Crippen LogP contribution is -2.54. The minimum atomic E-state index is -0.475. The predicted octanol–water partition coefficient (Wildman–Crippen LogP) is 5.15. The number of ether oxygens (including phenoxy) is 1. The van der Waals surface area contributed by atoms with Crippen LogP contribution in [0.2, 0.25) is 0 Å². The van der Waals surface area contributed by atoms with Crippen molar-refractivity contribution in [2.45, 2.75) is 64.6 Å². The van der Waals surface area contributed by atoms with Crippen LogP contribution < -0.4 is 0 Å². The molecule has 1 aromatic carbocycles. The topological polar surface area (TPSA) is 47.4 Å². The van der Waals surface area contributed by atoms with Gasteiger partial charge in [0.25, 0.3) is 0 Å².